The fourth-order valence-electron chi connectivity index (χ4n) is 8.80. The number of carbonyl (C=O) groups is 4. The zero-order chi connectivity index (χ0) is 49.2. The predicted molar refractivity (Wildman–Crippen MR) is 258 cm³/mol. The molecular formula is C50H52N14O7. The number of aliphatic hydroxyl groups is 2. The van der Waals surface area contributed by atoms with Crippen LogP contribution in [0, 0.1) is 23.7 Å². The van der Waals surface area contributed by atoms with Gasteiger partial charge >= 0.3 is 5.97 Å². The summed E-state index contributed by atoms with van der Waals surface area (Å²) in [4.78, 5) is 73.6. The first-order chi connectivity index (χ1) is 33.7. The molecule has 21 heteroatoms. The summed E-state index contributed by atoms with van der Waals surface area (Å²) in [6.45, 7) is 5.09. The molecule has 3 amide bonds. The van der Waals surface area contributed by atoms with E-state index in [1.165, 1.54) is 9.80 Å². The molecule has 364 valence electrons. The van der Waals surface area contributed by atoms with Crippen molar-refractivity contribution in [2.75, 3.05) is 56.7 Å². The van der Waals surface area contributed by atoms with E-state index in [2.05, 4.69) is 53.8 Å². The van der Waals surface area contributed by atoms with Gasteiger partial charge in [0.05, 0.1) is 42.5 Å². The summed E-state index contributed by atoms with van der Waals surface area (Å²) in [6, 6.07) is 18.1. The van der Waals surface area contributed by atoms with Crippen molar-refractivity contribution in [3.63, 3.8) is 0 Å². The number of fused-ring (bicyclic) bond motifs is 2. The lowest BCUT2D eigenvalue weighted by molar-refractivity contribution is -0.138. The van der Waals surface area contributed by atoms with Crippen LogP contribution in [0.2, 0.25) is 0 Å². The van der Waals surface area contributed by atoms with Gasteiger partial charge in [-0.25, -0.2) is 34.1 Å². The van der Waals surface area contributed by atoms with Crippen LogP contribution in [0.15, 0.2) is 85.5 Å². The zero-order valence-electron chi connectivity index (χ0n) is 39.4. The molecule has 0 radical (unpaired) electrons. The first-order valence-electron chi connectivity index (χ1n) is 22.7. The lowest BCUT2D eigenvalue weighted by Gasteiger charge is -2.27. The molecule has 4 aromatic heterocycles. The highest BCUT2D eigenvalue weighted by molar-refractivity contribution is 5.93. The average Bonchev–Trinajstić information content (AvgIpc) is 4.11. The molecule has 4 aliphatic rings. The van der Waals surface area contributed by atoms with Gasteiger partial charge in [0.1, 0.15) is 0 Å². The van der Waals surface area contributed by atoms with Gasteiger partial charge in [0.25, 0.3) is 17.7 Å². The first-order valence-corrected chi connectivity index (χ1v) is 22.7. The van der Waals surface area contributed by atoms with Crippen LogP contribution in [-0.4, -0.2) is 141 Å². The second-order valence-corrected chi connectivity index (χ2v) is 17.2. The van der Waals surface area contributed by atoms with Gasteiger partial charge in [-0.1, -0.05) is 35.8 Å². The number of benzene rings is 2. The zero-order valence-corrected chi connectivity index (χ0v) is 39.4. The maximum Gasteiger partial charge on any atom is 0.359 e. The Morgan fingerprint density at radius 1 is 0.676 bits per heavy atom. The summed E-state index contributed by atoms with van der Waals surface area (Å²) in [6.07, 6.45) is 8.51. The molecule has 0 spiro atoms. The third-order valence-electron chi connectivity index (χ3n) is 12.5. The van der Waals surface area contributed by atoms with Crippen LogP contribution in [0.3, 0.4) is 0 Å². The maximum absolute atomic E-state index is 12.8. The number of amides is 3. The molecule has 2 saturated heterocycles. The fraction of sp³-hybridized carbons (Fsp3) is 0.320. The number of nitrogens with zero attached hydrogens (tertiary/aromatic N) is 12. The Kier molecular flexibility index (Phi) is 13.9. The van der Waals surface area contributed by atoms with Crippen molar-refractivity contribution in [3.05, 3.63) is 130 Å². The van der Waals surface area contributed by atoms with E-state index in [0.717, 1.165) is 28.2 Å². The van der Waals surface area contributed by atoms with Crippen LogP contribution in [0.25, 0.3) is 11.4 Å². The molecular weight excluding hydrogens is 909 g/mol. The highest BCUT2D eigenvalue weighted by Crippen LogP contribution is 2.30. The van der Waals surface area contributed by atoms with Gasteiger partial charge in [0.15, 0.2) is 11.4 Å². The van der Waals surface area contributed by atoms with Gasteiger partial charge in [0, 0.05) is 113 Å². The SMILES string of the molecule is CCOC(=O)c1nn(-c2cccc(C#C[C@]3(O)CCN(C)C3=O)c2)c2c1CN(c1ncccn1)CC2.CN1CC[C@@](O)(C#Cc2cccc(-n3nc(C(N)=O)c4c3CCN(c3ncccn3)C4)c2)C1=O.N. The highest BCUT2D eigenvalue weighted by Gasteiger charge is 2.43. The van der Waals surface area contributed by atoms with Gasteiger partial charge in [0.2, 0.25) is 23.1 Å². The first kappa shape index (κ1) is 48.9. The van der Waals surface area contributed by atoms with Gasteiger partial charge in [-0.2, -0.15) is 10.2 Å². The number of nitrogens with two attached hydrogens (primary N) is 1. The number of esters is 1. The predicted octanol–water partition coefficient (Wildman–Crippen LogP) is 1.78. The molecule has 2 fully saturated rings. The largest absolute Gasteiger partial charge is 0.461 e. The van der Waals surface area contributed by atoms with E-state index in [-0.39, 0.29) is 37.0 Å². The highest BCUT2D eigenvalue weighted by atomic mass is 16.5. The topological polar surface area (TPSA) is 279 Å². The van der Waals surface area contributed by atoms with E-state index in [1.807, 2.05) is 46.2 Å². The third-order valence-corrected chi connectivity index (χ3v) is 12.5. The van der Waals surface area contributed by atoms with Gasteiger partial charge in [-0.3, -0.25) is 14.4 Å². The molecule has 2 aromatic carbocycles. The molecule has 8 heterocycles. The Morgan fingerprint density at radius 2 is 1.11 bits per heavy atom. The minimum absolute atomic E-state index is 0. The molecule has 0 aliphatic carbocycles. The number of rotatable bonds is 7. The molecule has 0 unspecified atom stereocenters. The van der Waals surface area contributed by atoms with Crippen molar-refractivity contribution in [1.29, 1.82) is 0 Å². The summed E-state index contributed by atoms with van der Waals surface area (Å²) in [5, 5.41) is 30.4. The number of hydrogen-bond donors (Lipinski definition) is 4. The van der Waals surface area contributed by atoms with Crippen molar-refractivity contribution in [2.24, 2.45) is 5.73 Å². The second-order valence-electron chi connectivity index (χ2n) is 17.2. The number of aromatic nitrogens is 8. The number of anilines is 2. The standard InChI is InChI=1S/C26H26N6O4.C24H23N7O3.H3N/c1-3-36-23(33)22-20-17-31(25-27-12-5-13-28-25)14-9-21(20)32(29-22)19-7-4-6-18(16-19)8-10-26(35)11-15-30(2)24(26)34;1-29-13-9-24(34,22(29)33)8-6-16-4-2-5-17(14-16)31-19-7-12-30(23-26-10-3-11-27-23)15-18(19)20(28-31)21(25)32;/h4-7,12-13,16,35H,3,9,11,14-15,17H2,1-2H3;2-5,10-11,14,34H,7,9,12-13,15H2,1H3,(H2,25,32);1H3/t26-;24-;/m00./s1. The van der Waals surface area contributed by atoms with E-state index >= 15 is 0 Å². The Balaban J connectivity index is 0.000000188. The molecule has 7 N–H and O–H groups in total. The van der Waals surface area contributed by atoms with Crippen molar-refractivity contribution >= 4 is 35.6 Å². The number of likely N-dealkylation sites (tertiary alicyclic amines) is 2. The number of likely N-dealkylation sites (N-methyl/N-ethyl adjacent to an activating group) is 2. The minimum Gasteiger partial charge on any atom is -0.461 e. The Morgan fingerprint density at radius 3 is 1.52 bits per heavy atom. The smallest absolute Gasteiger partial charge is 0.359 e. The molecule has 71 heavy (non-hydrogen) atoms. The van der Waals surface area contributed by atoms with E-state index in [0.29, 0.717) is 80.8 Å². The Labute approximate surface area is 408 Å². The average molecular weight is 961 g/mol. The summed E-state index contributed by atoms with van der Waals surface area (Å²) >= 11 is 0. The Hall–Kier alpha value is -8.50. The molecule has 10 rings (SSSR count). The second kappa shape index (κ2) is 20.2. The fourth-order valence-corrected chi connectivity index (χ4v) is 8.80. The van der Waals surface area contributed by atoms with Gasteiger partial charge < -0.3 is 46.4 Å². The van der Waals surface area contributed by atoms with Crippen molar-refractivity contribution in [1.82, 2.24) is 55.4 Å². The van der Waals surface area contributed by atoms with Crippen LogP contribution < -0.4 is 21.7 Å². The van der Waals surface area contributed by atoms with Gasteiger partial charge in [-0.15, -0.1) is 0 Å². The van der Waals surface area contributed by atoms with E-state index < -0.39 is 34.9 Å². The van der Waals surface area contributed by atoms with Crippen LogP contribution in [0.1, 0.15) is 74.4 Å². The molecule has 0 saturated carbocycles. The summed E-state index contributed by atoms with van der Waals surface area (Å²) in [5.74, 6) is 10.6. The molecule has 2 atom stereocenters. The summed E-state index contributed by atoms with van der Waals surface area (Å²) < 4.78 is 8.75. The molecule has 21 nitrogen and oxygen atoms in total. The number of primary amides is 1. The van der Waals surface area contributed by atoms with Crippen LogP contribution in [0.5, 0.6) is 0 Å². The van der Waals surface area contributed by atoms with E-state index in [4.69, 9.17) is 10.5 Å². The summed E-state index contributed by atoms with van der Waals surface area (Å²) in [5.41, 5.74) is 8.77. The lowest BCUT2D eigenvalue weighted by atomic mass is 10.0. The van der Waals surface area contributed by atoms with Crippen molar-refractivity contribution < 1.29 is 34.1 Å². The minimum atomic E-state index is -1.67. The normalized spacial score (nSPS) is 19.0. The van der Waals surface area contributed by atoms with Crippen LogP contribution >= 0.6 is 0 Å². The third kappa shape index (κ3) is 9.87. The maximum atomic E-state index is 12.8. The molecule has 6 aromatic rings. The van der Waals surface area contributed by atoms with Crippen LogP contribution in [0.4, 0.5) is 11.9 Å². The Bertz CT molecular complexity index is 3140. The van der Waals surface area contributed by atoms with Crippen LogP contribution in [-0.2, 0) is 40.3 Å². The monoisotopic (exact) mass is 960 g/mol. The van der Waals surface area contributed by atoms with E-state index in [1.54, 1.807) is 79.4 Å². The number of ether oxygens (including phenoxy) is 1. The van der Waals surface area contributed by atoms with Crippen molar-refractivity contribution in [2.45, 2.75) is 56.9 Å². The van der Waals surface area contributed by atoms with E-state index in [9.17, 15) is 29.4 Å². The number of hydrogen-bond acceptors (Lipinski definition) is 16. The molecule has 4 aliphatic heterocycles. The summed E-state index contributed by atoms with van der Waals surface area (Å²) in [7, 11) is 3.29. The van der Waals surface area contributed by atoms with Crippen molar-refractivity contribution in [3.8, 4) is 35.1 Å². The quantitative estimate of drug-likeness (QED) is 0.131. The molecule has 0 bridgehead atoms. The van der Waals surface area contributed by atoms with Gasteiger partial charge in [-0.05, 0) is 55.5 Å². The number of carbonyl (C=O) groups excluding carboxylic acids is 4. The lowest BCUT2D eigenvalue weighted by Crippen LogP contribution is -2.37.